The number of halogens is 3. The molecule has 3 saturated heterocycles. The number of nitrogens with one attached hydrogen (secondary N) is 2. The van der Waals surface area contributed by atoms with Crippen LogP contribution in [0.4, 0.5) is 23.7 Å². The van der Waals surface area contributed by atoms with Crippen molar-refractivity contribution in [3.63, 3.8) is 0 Å². The van der Waals surface area contributed by atoms with E-state index in [4.69, 9.17) is 4.74 Å². The summed E-state index contributed by atoms with van der Waals surface area (Å²) in [6.45, 7) is 4.77. The van der Waals surface area contributed by atoms with E-state index in [-0.39, 0.29) is 58.7 Å². The SMILES string of the molecule is CNC(=O)c1ccc(S(=O)(=O)c2ccc(N3CC(F)(CN4CCC([C@@](CN5CCC5)(c5cccc(F)c5)[C@H]5CCC[C@@H]5NC(=O)OC)CC4)C3)cc2)cc1F. The van der Waals surface area contributed by atoms with E-state index in [0.717, 1.165) is 75.9 Å². The first kappa shape index (κ1) is 39.1. The van der Waals surface area contributed by atoms with E-state index in [9.17, 15) is 26.8 Å². The van der Waals surface area contributed by atoms with E-state index >= 15 is 4.39 Å². The Labute approximate surface area is 321 Å². The number of hydrogen-bond donors (Lipinski definition) is 2. The number of sulfone groups is 1. The first-order chi connectivity index (χ1) is 26.3. The van der Waals surface area contributed by atoms with Gasteiger partial charge >= 0.3 is 6.09 Å². The van der Waals surface area contributed by atoms with Crippen LogP contribution < -0.4 is 15.5 Å². The van der Waals surface area contributed by atoms with Crippen molar-refractivity contribution in [3.8, 4) is 0 Å². The molecular formula is C41H50F3N5O5S. The summed E-state index contributed by atoms with van der Waals surface area (Å²) in [6.07, 6.45) is 5.03. The summed E-state index contributed by atoms with van der Waals surface area (Å²) in [7, 11) is -1.32. The van der Waals surface area contributed by atoms with Crippen LogP contribution in [0.15, 0.2) is 76.5 Å². The monoisotopic (exact) mass is 781 g/mol. The lowest BCUT2D eigenvalue weighted by Crippen LogP contribution is -2.65. The van der Waals surface area contributed by atoms with Crippen molar-refractivity contribution in [3.05, 3.63) is 89.5 Å². The second kappa shape index (κ2) is 15.8. The number of carbonyl (C=O) groups excluding carboxylic acids is 2. The Morgan fingerprint density at radius 2 is 1.60 bits per heavy atom. The molecule has 0 radical (unpaired) electrons. The van der Waals surface area contributed by atoms with Gasteiger partial charge in [0, 0.05) is 37.3 Å². The van der Waals surface area contributed by atoms with Crippen molar-refractivity contribution >= 4 is 27.5 Å². The largest absolute Gasteiger partial charge is 0.453 e. The van der Waals surface area contributed by atoms with Crippen LogP contribution in [0.1, 0.15) is 54.4 Å². The lowest BCUT2D eigenvalue weighted by molar-refractivity contribution is 0.00584. The molecule has 0 bridgehead atoms. The molecule has 3 heterocycles. The minimum Gasteiger partial charge on any atom is -0.453 e. The molecule has 55 heavy (non-hydrogen) atoms. The normalized spacial score (nSPS) is 23.0. The zero-order valence-electron chi connectivity index (χ0n) is 31.4. The van der Waals surface area contributed by atoms with Gasteiger partial charge in [0.1, 0.15) is 11.6 Å². The summed E-state index contributed by atoms with van der Waals surface area (Å²) in [5.41, 5.74) is -0.437. The molecule has 2 amide bonds. The molecule has 0 spiro atoms. The van der Waals surface area contributed by atoms with Crippen LogP contribution in [0.2, 0.25) is 0 Å². The Hall–Kier alpha value is -4.14. The Morgan fingerprint density at radius 1 is 0.891 bits per heavy atom. The van der Waals surface area contributed by atoms with E-state index < -0.39 is 38.7 Å². The third-order valence-electron chi connectivity index (χ3n) is 12.5. The molecule has 3 aromatic rings. The predicted molar refractivity (Wildman–Crippen MR) is 203 cm³/mol. The van der Waals surface area contributed by atoms with Crippen molar-refractivity contribution < 1.29 is 35.9 Å². The molecule has 0 aromatic heterocycles. The summed E-state index contributed by atoms with van der Waals surface area (Å²) < 4.78 is 77.3. The minimum absolute atomic E-state index is 0.0355. The molecule has 1 aliphatic carbocycles. The van der Waals surface area contributed by atoms with Crippen molar-refractivity contribution in [2.24, 2.45) is 11.8 Å². The van der Waals surface area contributed by atoms with Crippen molar-refractivity contribution in [1.29, 1.82) is 0 Å². The van der Waals surface area contributed by atoms with Crippen LogP contribution >= 0.6 is 0 Å². The number of anilines is 1. The molecule has 3 atom stereocenters. The summed E-state index contributed by atoms with van der Waals surface area (Å²) in [4.78, 5) is 30.5. The molecule has 0 unspecified atom stereocenters. The van der Waals surface area contributed by atoms with Gasteiger partial charge in [-0.05, 0) is 130 Å². The molecule has 14 heteroatoms. The van der Waals surface area contributed by atoms with Crippen LogP contribution in [0.25, 0.3) is 0 Å². The van der Waals surface area contributed by atoms with Crippen LogP contribution in [0.5, 0.6) is 0 Å². The highest BCUT2D eigenvalue weighted by molar-refractivity contribution is 7.91. The molecule has 3 aromatic carbocycles. The Balaban J connectivity index is 1.01. The Kier molecular flexibility index (Phi) is 11.2. The molecule has 10 nitrogen and oxygen atoms in total. The van der Waals surface area contributed by atoms with Crippen molar-refractivity contribution in [2.45, 2.75) is 65.4 Å². The van der Waals surface area contributed by atoms with Crippen LogP contribution in [0, 0.1) is 23.5 Å². The highest BCUT2D eigenvalue weighted by Gasteiger charge is 2.54. The van der Waals surface area contributed by atoms with Gasteiger partial charge in [-0.25, -0.2) is 26.4 Å². The van der Waals surface area contributed by atoms with Crippen LogP contribution in [-0.4, -0.2) is 108 Å². The van der Waals surface area contributed by atoms with Crippen molar-refractivity contribution in [1.82, 2.24) is 20.4 Å². The lowest BCUT2D eigenvalue weighted by Gasteiger charge is -2.54. The standard InChI is InChI=1S/C41H50F3N5O5S/c1-45-38(50)34-15-14-33(23-36(34)43)55(52,53)32-12-10-31(11-13-32)49-25-40(44,26-49)24-48-20-16-28(17-21-48)41(27-47-18-5-19-47,29-6-3-7-30(42)22-29)35-8-4-9-37(35)46-39(51)54-2/h3,6-7,10-15,22-23,28,35,37H,4-5,8-9,16-21,24-27H2,1-2H3,(H,45,50)(H,46,51)/t35-,37-,41-/m0/s1. The zero-order valence-corrected chi connectivity index (χ0v) is 32.2. The maximum Gasteiger partial charge on any atom is 0.407 e. The molecule has 1 saturated carbocycles. The third kappa shape index (κ3) is 7.82. The lowest BCUT2D eigenvalue weighted by atomic mass is 9.57. The van der Waals surface area contributed by atoms with Crippen molar-refractivity contribution in [2.75, 3.05) is 71.4 Å². The number of amides is 2. The second-order valence-electron chi connectivity index (χ2n) is 15.7. The van der Waals surface area contributed by atoms with E-state index in [2.05, 4.69) is 26.5 Å². The number of methoxy groups -OCH3 is 1. The maximum atomic E-state index is 16.2. The van der Waals surface area contributed by atoms with Crippen LogP contribution in [0.3, 0.4) is 0 Å². The average Bonchev–Trinajstić information content (AvgIpc) is 3.61. The fourth-order valence-corrected chi connectivity index (χ4v) is 10.9. The highest BCUT2D eigenvalue weighted by Crippen LogP contribution is 2.51. The van der Waals surface area contributed by atoms with Gasteiger partial charge in [0.15, 0.2) is 5.67 Å². The maximum absolute atomic E-state index is 16.2. The summed E-state index contributed by atoms with van der Waals surface area (Å²) in [5, 5.41) is 5.44. The van der Waals surface area contributed by atoms with Gasteiger partial charge in [0.25, 0.3) is 5.91 Å². The van der Waals surface area contributed by atoms with E-state index in [1.807, 2.05) is 4.90 Å². The van der Waals surface area contributed by atoms with Gasteiger partial charge in [0.2, 0.25) is 9.84 Å². The number of rotatable bonds is 12. The quantitative estimate of drug-likeness (QED) is 0.246. The molecule has 7 rings (SSSR count). The number of piperidine rings is 1. The number of hydrogen-bond acceptors (Lipinski definition) is 8. The summed E-state index contributed by atoms with van der Waals surface area (Å²) >= 11 is 0. The molecule has 2 N–H and O–H groups in total. The van der Waals surface area contributed by atoms with E-state index in [1.54, 1.807) is 24.3 Å². The van der Waals surface area contributed by atoms with Gasteiger partial charge in [0.05, 0.1) is 35.6 Å². The molecule has 4 fully saturated rings. The number of ether oxygens (including phenoxy) is 1. The zero-order chi connectivity index (χ0) is 39.0. The number of likely N-dealkylation sites (tertiary alicyclic amines) is 2. The number of alkyl halides is 1. The number of benzene rings is 3. The number of nitrogens with zero attached hydrogens (tertiary/aromatic N) is 3. The highest BCUT2D eigenvalue weighted by atomic mass is 32.2. The van der Waals surface area contributed by atoms with E-state index in [1.165, 1.54) is 38.4 Å². The van der Waals surface area contributed by atoms with Crippen LogP contribution in [-0.2, 0) is 20.0 Å². The first-order valence-electron chi connectivity index (χ1n) is 19.2. The Morgan fingerprint density at radius 3 is 2.22 bits per heavy atom. The predicted octanol–water partition coefficient (Wildman–Crippen LogP) is 5.57. The second-order valence-corrected chi connectivity index (χ2v) is 17.7. The van der Waals surface area contributed by atoms with Gasteiger partial charge < -0.3 is 25.2 Å². The van der Waals surface area contributed by atoms with Gasteiger partial charge in [-0.1, -0.05) is 18.6 Å². The molecule has 296 valence electrons. The van der Waals surface area contributed by atoms with E-state index in [0.29, 0.717) is 18.8 Å². The smallest absolute Gasteiger partial charge is 0.407 e. The molecule has 3 aliphatic heterocycles. The topological polar surface area (TPSA) is 111 Å². The fourth-order valence-electron chi connectivity index (χ4n) is 9.62. The summed E-state index contributed by atoms with van der Waals surface area (Å²) in [5.74, 6) is -1.57. The third-order valence-corrected chi connectivity index (χ3v) is 14.2. The first-order valence-corrected chi connectivity index (χ1v) is 20.7. The average molecular weight is 782 g/mol. The number of alkyl carbamates (subject to hydrolysis) is 1. The minimum atomic E-state index is -4.06. The van der Waals surface area contributed by atoms with Gasteiger partial charge in [-0.15, -0.1) is 0 Å². The Bertz CT molecular complexity index is 1980. The van der Waals surface area contributed by atoms with Gasteiger partial charge in [-0.2, -0.15) is 0 Å². The van der Waals surface area contributed by atoms with Gasteiger partial charge in [-0.3, -0.25) is 9.69 Å². The molecule has 4 aliphatic rings. The number of carbonyl (C=O) groups is 2. The summed E-state index contributed by atoms with van der Waals surface area (Å²) in [6, 6.07) is 16.2. The fraction of sp³-hybridized carbons (Fsp3) is 0.512. The molecular weight excluding hydrogens is 732 g/mol.